The van der Waals surface area contributed by atoms with Gasteiger partial charge >= 0.3 is 6.09 Å². The number of hydrazine groups is 1. The fourth-order valence-electron chi connectivity index (χ4n) is 2.43. The number of hydrogen-bond donors (Lipinski definition) is 2. The Kier molecular flexibility index (Phi) is 7.62. The molecule has 0 bridgehead atoms. The topological polar surface area (TPSA) is 70.7 Å². The number of likely N-dealkylation sites (tertiary alicyclic amines) is 1. The zero-order chi connectivity index (χ0) is 20.2. The third kappa shape index (κ3) is 6.71. The summed E-state index contributed by atoms with van der Waals surface area (Å²) in [4.78, 5) is 28.5. The van der Waals surface area contributed by atoms with Gasteiger partial charge in [0.15, 0.2) is 5.82 Å². The summed E-state index contributed by atoms with van der Waals surface area (Å²) in [6.45, 7) is 6.63. The van der Waals surface area contributed by atoms with Gasteiger partial charge in [-0.05, 0) is 45.7 Å². The molecular weight excluding hydrogens is 416 g/mol. The molecule has 2 amide bonds. The monoisotopic (exact) mass is 437 g/mol. The van der Waals surface area contributed by atoms with Crippen LogP contribution in [-0.4, -0.2) is 40.8 Å². The van der Waals surface area contributed by atoms with Crippen molar-refractivity contribution < 1.29 is 18.7 Å². The van der Waals surface area contributed by atoms with Crippen molar-refractivity contribution in [3.05, 3.63) is 33.6 Å². The number of nitrogens with zero attached hydrogens (tertiary/aromatic N) is 1. The van der Waals surface area contributed by atoms with E-state index in [2.05, 4.69) is 10.3 Å². The summed E-state index contributed by atoms with van der Waals surface area (Å²) < 4.78 is 19.3. The van der Waals surface area contributed by atoms with Crippen molar-refractivity contribution in [1.82, 2.24) is 15.2 Å². The third-order valence-electron chi connectivity index (χ3n) is 3.72. The summed E-state index contributed by atoms with van der Waals surface area (Å²) in [5.74, 6) is -1.49. The molecule has 6 nitrogen and oxygen atoms in total. The van der Waals surface area contributed by atoms with Gasteiger partial charge in [0.05, 0.1) is 10.6 Å². The Morgan fingerprint density at radius 1 is 1.26 bits per heavy atom. The average molecular weight is 438 g/mol. The van der Waals surface area contributed by atoms with Crippen molar-refractivity contribution >= 4 is 47.2 Å². The molecule has 0 atom stereocenters. The Labute approximate surface area is 172 Å². The first-order valence-electron chi connectivity index (χ1n) is 8.40. The number of hydrogen-bond acceptors (Lipinski definition) is 5. The second-order valence-electron chi connectivity index (χ2n) is 7.09. The van der Waals surface area contributed by atoms with Gasteiger partial charge in [0.1, 0.15) is 5.60 Å². The van der Waals surface area contributed by atoms with E-state index in [9.17, 15) is 14.0 Å². The van der Waals surface area contributed by atoms with Crippen LogP contribution in [0.4, 0.5) is 9.18 Å². The molecule has 2 N–H and O–H groups in total. The Morgan fingerprint density at radius 2 is 1.89 bits per heavy atom. The number of rotatable bonds is 4. The quantitative estimate of drug-likeness (QED) is 0.414. The summed E-state index contributed by atoms with van der Waals surface area (Å²) in [7, 11) is 0. The van der Waals surface area contributed by atoms with E-state index in [1.54, 1.807) is 4.90 Å². The second kappa shape index (κ2) is 9.32. The minimum Gasteiger partial charge on any atom is -0.444 e. The van der Waals surface area contributed by atoms with E-state index in [0.717, 1.165) is 12.8 Å². The van der Waals surface area contributed by atoms with E-state index in [0.29, 0.717) is 13.1 Å². The van der Waals surface area contributed by atoms with Gasteiger partial charge in [-0.2, -0.15) is 4.83 Å². The molecule has 1 aromatic rings. The van der Waals surface area contributed by atoms with Gasteiger partial charge in [0, 0.05) is 23.4 Å². The minimum absolute atomic E-state index is 0.175. The highest BCUT2D eigenvalue weighted by molar-refractivity contribution is 7.98. The van der Waals surface area contributed by atoms with Crippen LogP contribution in [0.3, 0.4) is 0 Å². The van der Waals surface area contributed by atoms with Crippen molar-refractivity contribution in [3.8, 4) is 0 Å². The molecule has 1 aromatic carbocycles. The van der Waals surface area contributed by atoms with E-state index < -0.39 is 17.3 Å². The van der Waals surface area contributed by atoms with Gasteiger partial charge in [0.25, 0.3) is 5.91 Å². The molecule has 150 valence electrons. The number of carbonyl (C=O) groups excluding carboxylic acids is 2. The number of amides is 2. The molecular formula is C17H22Cl2FN3O3S. The highest BCUT2D eigenvalue weighted by Gasteiger charge is 2.27. The first-order chi connectivity index (χ1) is 12.6. The van der Waals surface area contributed by atoms with Gasteiger partial charge in [-0.25, -0.2) is 9.18 Å². The first kappa shape index (κ1) is 22.1. The van der Waals surface area contributed by atoms with Gasteiger partial charge in [-0.1, -0.05) is 35.1 Å². The predicted molar refractivity (Wildman–Crippen MR) is 105 cm³/mol. The van der Waals surface area contributed by atoms with Crippen LogP contribution in [0.15, 0.2) is 12.1 Å². The SMILES string of the molecule is CC(C)(C)OC(=O)N1CCC(SNNC(=O)c2cc(Cl)cc(Cl)c2F)CC1. The maximum atomic E-state index is 13.9. The van der Waals surface area contributed by atoms with Crippen LogP contribution >= 0.6 is 35.1 Å². The van der Waals surface area contributed by atoms with Crippen LogP contribution in [0.2, 0.25) is 10.0 Å². The average Bonchev–Trinajstić information content (AvgIpc) is 2.57. The van der Waals surface area contributed by atoms with E-state index in [4.69, 9.17) is 27.9 Å². The van der Waals surface area contributed by atoms with Crippen molar-refractivity contribution in [3.63, 3.8) is 0 Å². The van der Waals surface area contributed by atoms with E-state index in [1.807, 2.05) is 20.8 Å². The second-order valence-corrected chi connectivity index (χ2v) is 9.04. The molecule has 0 saturated carbocycles. The maximum Gasteiger partial charge on any atom is 0.410 e. The zero-order valence-corrected chi connectivity index (χ0v) is 17.6. The molecule has 0 aromatic heterocycles. The molecule has 10 heteroatoms. The van der Waals surface area contributed by atoms with Gasteiger partial charge in [0.2, 0.25) is 0 Å². The Hall–Kier alpha value is -1.22. The number of carbonyl (C=O) groups is 2. The van der Waals surface area contributed by atoms with Crippen LogP contribution in [0.5, 0.6) is 0 Å². The van der Waals surface area contributed by atoms with Gasteiger partial charge in [-0.3, -0.25) is 10.2 Å². The number of nitrogens with one attached hydrogen (secondary N) is 2. The van der Waals surface area contributed by atoms with Gasteiger partial charge in [-0.15, -0.1) is 0 Å². The number of ether oxygens (including phenoxy) is 1. The van der Waals surface area contributed by atoms with Crippen molar-refractivity contribution in [2.45, 2.75) is 44.5 Å². The van der Waals surface area contributed by atoms with Gasteiger partial charge < -0.3 is 9.64 Å². The molecule has 0 radical (unpaired) electrons. The molecule has 27 heavy (non-hydrogen) atoms. The lowest BCUT2D eigenvalue weighted by atomic mass is 10.1. The molecule has 1 saturated heterocycles. The fraction of sp³-hybridized carbons (Fsp3) is 0.529. The summed E-state index contributed by atoms with van der Waals surface area (Å²) >= 11 is 12.8. The van der Waals surface area contributed by atoms with Crippen LogP contribution in [0, 0.1) is 5.82 Å². The number of halogens is 3. The van der Waals surface area contributed by atoms with Crippen molar-refractivity contribution in [2.75, 3.05) is 13.1 Å². The molecule has 1 heterocycles. The summed E-state index contributed by atoms with van der Waals surface area (Å²) in [5, 5.41) is 0.153. The van der Waals surface area contributed by atoms with Crippen LogP contribution in [0.1, 0.15) is 44.0 Å². The minimum atomic E-state index is -0.823. The molecule has 1 aliphatic heterocycles. The molecule has 1 fully saturated rings. The van der Waals surface area contributed by atoms with E-state index >= 15 is 0 Å². The standard InChI is InChI=1S/C17H22Cl2FN3O3S/c1-17(2,3)26-16(25)23-6-4-11(5-7-23)27-22-21-15(24)12-8-10(18)9-13(19)14(12)20/h8-9,11,22H,4-7H2,1-3H3,(H,21,24). The lowest BCUT2D eigenvalue weighted by Crippen LogP contribution is -2.43. The maximum absolute atomic E-state index is 13.9. The summed E-state index contributed by atoms with van der Waals surface area (Å²) in [5.41, 5.74) is 1.66. The zero-order valence-electron chi connectivity index (χ0n) is 15.3. The molecule has 1 aliphatic rings. The lowest BCUT2D eigenvalue weighted by molar-refractivity contribution is 0.0219. The molecule has 0 spiro atoms. The predicted octanol–water partition coefficient (Wildman–Crippen LogP) is 4.41. The molecule has 2 rings (SSSR count). The first-order valence-corrected chi connectivity index (χ1v) is 10.0. The molecule has 0 unspecified atom stereocenters. The lowest BCUT2D eigenvalue weighted by Gasteiger charge is -2.33. The normalized spacial score (nSPS) is 15.6. The summed E-state index contributed by atoms with van der Waals surface area (Å²) in [6.07, 6.45) is 1.16. The highest BCUT2D eigenvalue weighted by Crippen LogP contribution is 2.25. The Balaban J connectivity index is 1.76. The van der Waals surface area contributed by atoms with Crippen molar-refractivity contribution in [1.29, 1.82) is 0 Å². The van der Waals surface area contributed by atoms with Crippen molar-refractivity contribution in [2.24, 2.45) is 0 Å². The Morgan fingerprint density at radius 3 is 2.48 bits per heavy atom. The van der Waals surface area contributed by atoms with Crippen LogP contribution in [-0.2, 0) is 4.74 Å². The summed E-state index contributed by atoms with van der Waals surface area (Å²) in [6, 6.07) is 2.44. The Bertz CT molecular complexity index is 707. The smallest absolute Gasteiger partial charge is 0.410 e. The highest BCUT2D eigenvalue weighted by atomic mass is 35.5. The van der Waals surface area contributed by atoms with Crippen LogP contribution < -0.4 is 10.3 Å². The molecule has 0 aliphatic carbocycles. The number of benzene rings is 1. The van der Waals surface area contributed by atoms with Crippen LogP contribution in [0.25, 0.3) is 0 Å². The van der Waals surface area contributed by atoms with E-state index in [1.165, 1.54) is 24.1 Å². The number of piperidine rings is 1. The largest absolute Gasteiger partial charge is 0.444 e. The third-order valence-corrected chi connectivity index (χ3v) is 5.24. The van der Waals surface area contributed by atoms with E-state index in [-0.39, 0.29) is 27.0 Å². The fourth-order valence-corrected chi connectivity index (χ4v) is 3.69.